The quantitative estimate of drug-likeness (QED) is 0.602. The molecule has 2 aromatic carbocycles. The lowest BCUT2D eigenvalue weighted by Crippen LogP contribution is -2.44. The van der Waals surface area contributed by atoms with Crippen molar-refractivity contribution in [3.05, 3.63) is 101 Å². The molecule has 0 fully saturated rings. The Morgan fingerprint density at radius 3 is 2.65 bits per heavy atom. The van der Waals surface area contributed by atoms with E-state index < -0.39 is 16.7 Å². The molecule has 3 N–H and O–H groups in total. The number of halogens is 2. The van der Waals surface area contributed by atoms with Gasteiger partial charge in [0.2, 0.25) is 5.91 Å². The number of nitrogens with two attached hydrogens (primary N) is 1. The molecule has 2 unspecified atom stereocenters. The summed E-state index contributed by atoms with van der Waals surface area (Å²) in [7, 11) is 0. The third kappa shape index (κ3) is 3.97. The summed E-state index contributed by atoms with van der Waals surface area (Å²) in [5, 5.41) is 3.70. The standard InChI is InChI=1S/C25H20Cl2N2O2/c26-18-8-3-6-16(14-18)21-11-4-7-17(15-23(28)30)25(21,27)24(31)20-10-5-13-29-22-12-2-1-9-19(20)22/h1-14,17,29H,15H2,(H2,28,30). The van der Waals surface area contributed by atoms with Crippen LogP contribution in [0.4, 0.5) is 5.69 Å². The van der Waals surface area contributed by atoms with Gasteiger partial charge in [-0.25, -0.2) is 0 Å². The Morgan fingerprint density at radius 1 is 1.06 bits per heavy atom. The molecule has 0 saturated heterocycles. The average molecular weight is 451 g/mol. The second kappa shape index (κ2) is 8.58. The number of anilines is 1. The van der Waals surface area contributed by atoms with Crippen molar-refractivity contribution in [3.63, 3.8) is 0 Å². The number of hydrogen-bond donors (Lipinski definition) is 2. The van der Waals surface area contributed by atoms with Crippen molar-refractivity contribution in [2.45, 2.75) is 11.3 Å². The van der Waals surface area contributed by atoms with Crippen molar-refractivity contribution in [1.29, 1.82) is 0 Å². The van der Waals surface area contributed by atoms with E-state index in [2.05, 4.69) is 5.32 Å². The van der Waals surface area contributed by atoms with Crippen molar-refractivity contribution in [1.82, 2.24) is 0 Å². The summed E-state index contributed by atoms with van der Waals surface area (Å²) < 4.78 is 0. The minimum atomic E-state index is -1.54. The average Bonchev–Trinajstić information content (AvgIpc) is 2.97. The molecule has 2 aliphatic rings. The van der Waals surface area contributed by atoms with Gasteiger partial charge >= 0.3 is 0 Å². The maximum absolute atomic E-state index is 14.1. The summed E-state index contributed by atoms with van der Waals surface area (Å²) in [6.45, 7) is 0. The number of alkyl halides is 1. The zero-order valence-corrected chi connectivity index (χ0v) is 18.0. The van der Waals surface area contributed by atoms with Crippen molar-refractivity contribution in [3.8, 4) is 0 Å². The number of ketones is 1. The number of carbonyl (C=O) groups excluding carboxylic acids is 2. The van der Waals surface area contributed by atoms with E-state index in [1.54, 1.807) is 54.8 Å². The SMILES string of the molecule is NC(=O)CC1C=CC=C(c2cccc(Cl)c2)C1(Cl)C(=O)C1=CC=CNc2ccccc21. The van der Waals surface area contributed by atoms with Gasteiger partial charge in [0, 0.05) is 40.4 Å². The Hall–Kier alpha value is -3.08. The number of nitrogens with one attached hydrogen (secondary N) is 1. The van der Waals surface area contributed by atoms with Gasteiger partial charge in [-0.2, -0.15) is 0 Å². The van der Waals surface area contributed by atoms with Crippen LogP contribution in [0, 0.1) is 5.92 Å². The minimum Gasteiger partial charge on any atom is -0.370 e. The number of fused-ring (bicyclic) bond motifs is 1. The highest BCUT2D eigenvalue weighted by molar-refractivity contribution is 6.50. The van der Waals surface area contributed by atoms with Crippen LogP contribution in [0.2, 0.25) is 5.02 Å². The van der Waals surface area contributed by atoms with Crippen LogP contribution in [0.25, 0.3) is 11.1 Å². The Balaban J connectivity index is 1.88. The molecule has 1 heterocycles. The van der Waals surface area contributed by atoms with Gasteiger partial charge in [0.15, 0.2) is 5.78 Å². The molecule has 0 spiro atoms. The summed E-state index contributed by atoms with van der Waals surface area (Å²) in [5.41, 5.74) is 8.78. The highest BCUT2D eigenvalue weighted by atomic mass is 35.5. The number of allylic oxidation sites excluding steroid dienone is 7. The zero-order chi connectivity index (χ0) is 22.0. The van der Waals surface area contributed by atoms with E-state index in [1.807, 2.05) is 30.3 Å². The lowest BCUT2D eigenvalue weighted by molar-refractivity contribution is -0.119. The third-order valence-electron chi connectivity index (χ3n) is 5.46. The lowest BCUT2D eigenvalue weighted by atomic mass is 9.72. The molecule has 31 heavy (non-hydrogen) atoms. The van der Waals surface area contributed by atoms with Crippen LogP contribution in [0.5, 0.6) is 0 Å². The Bertz CT molecular complexity index is 1180. The fourth-order valence-electron chi connectivity index (χ4n) is 4.03. The summed E-state index contributed by atoms with van der Waals surface area (Å²) in [4.78, 5) is 24.4. The second-order valence-electron chi connectivity index (χ2n) is 7.42. The van der Waals surface area contributed by atoms with Crippen LogP contribution < -0.4 is 11.1 Å². The molecular formula is C25H20Cl2N2O2. The molecule has 0 bridgehead atoms. The molecule has 0 aromatic heterocycles. The third-order valence-corrected chi connectivity index (χ3v) is 6.35. The molecule has 1 aliphatic carbocycles. The number of rotatable bonds is 5. The van der Waals surface area contributed by atoms with E-state index >= 15 is 0 Å². The van der Waals surface area contributed by atoms with Crippen LogP contribution in [0.1, 0.15) is 17.5 Å². The molecule has 2 aromatic rings. The van der Waals surface area contributed by atoms with E-state index in [0.29, 0.717) is 21.7 Å². The first-order chi connectivity index (χ1) is 14.9. The lowest BCUT2D eigenvalue weighted by Gasteiger charge is -2.37. The minimum absolute atomic E-state index is 0.0628. The number of amides is 1. The van der Waals surface area contributed by atoms with E-state index in [9.17, 15) is 9.59 Å². The van der Waals surface area contributed by atoms with Gasteiger partial charge in [0.1, 0.15) is 4.87 Å². The van der Waals surface area contributed by atoms with Gasteiger partial charge in [-0.15, -0.1) is 11.6 Å². The number of hydrogen-bond acceptors (Lipinski definition) is 3. The van der Waals surface area contributed by atoms with Crippen LogP contribution in [0.15, 0.2) is 85.1 Å². The summed E-state index contributed by atoms with van der Waals surface area (Å²) in [6, 6.07) is 14.7. The molecule has 1 amide bonds. The first kappa shape index (κ1) is 21.2. The van der Waals surface area contributed by atoms with Gasteiger partial charge in [0.05, 0.1) is 0 Å². The zero-order valence-electron chi connectivity index (χ0n) is 16.5. The van der Waals surface area contributed by atoms with Crippen LogP contribution >= 0.6 is 23.2 Å². The highest BCUT2D eigenvalue weighted by Crippen LogP contribution is 2.48. The normalized spacial score (nSPS) is 21.9. The molecule has 1 aliphatic heterocycles. The van der Waals surface area contributed by atoms with E-state index in [-0.39, 0.29) is 12.2 Å². The van der Waals surface area contributed by atoms with E-state index in [4.69, 9.17) is 28.9 Å². The Morgan fingerprint density at radius 2 is 1.87 bits per heavy atom. The van der Waals surface area contributed by atoms with Crippen molar-refractivity contribution < 1.29 is 9.59 Å². The largest absolute Gasteiger partial charge is 0.370 e. The maximum Gasteiger partial charge on any atom is 0.218 e. The first-order valence-electron chi connectivity index (χ1n) is 9.81. The highest BCUT2D eigenvalue weighted by Gasteiger charge is 2.49. The molecule has 0 saturated carbocycles. The van der Waals surface area contributed by atoms with Gasteiger partial charge in [-0.3, -0.25) is 9.59 Å². The smallest absolute Gasteiger partial charge is 0.218 e. The summed E-state index contributed by atoms with van der Waals surface area (Å²) in [6.07, 6.45) is 10.6. The number of Topliss-reactive ketones (excluding diaryl/α,β-unsaturated/α-hetero) is 1. The Kier molecular flexibility index (Phi) is 5.86. The number of primary amides is 1. The molecule has 0 radical (unpaired) electrons. The maximum atomic E-state index is 14.1. The van der Waals surface area contributed by atoms with Gasteiger partial charge < -0.3 is 11.1 Å². The van der Waals surface area contributed by atoms with Gasteiger partial charge in [-0.1, -0.05) is 60.2 Å². The Labute approximate surface area is 190 Å². The topological polar surface area (TPSA) is 72.2 Å². The van der Waals surface area contributed by atoms with Gasteiger partial charge in [-0.05, 0) is 41.5 Å². The molecule has 4 nitrogen and oxygen atoms in total. The molecular weight excluding hydrogens is 431 g/mol. The number of carbonyl (C=O) groups is 2. The number of para-hydroxylation sites is 1. The summed E-state index contributed by atoms with van der Waals surface area (Å²) >= 11 is 13.5. The first-order valence-corrected chi connectivity index (χ1v) is 10.6. The molecule has 6 heteroatoms. The van der Waals surface area contributed by atoms with Crippen LogP contribution in [0.3, 0.4) is 0 Å². The second-order valence-corrected chi connectivity index (χ2v) is 8.46. The molecule has 4 rings (SSSR count). The van der Waals surface area contributed by atoms with Crippen molar-refractivity contribution >= 4 is 51.7 Å². The fraction of sp³-hybridized carbons (Fsp3) is 0.120. The van der Waals surface area contributed by atoms with Crippen LogP contribution in [-0.2, 0) is 9.59 Å². The van der Waals surface area contributed by atoms with Crippen molar-refractivity contribution in [2.24, 2.45) is 11.7 Å². The predicted molar refractivity (Wildman–Crippen MR) is 127 cm³/mol. The fourth-order valence-corrected chi connectivity index (χ4v) is 4.64. The number of benzene rings is 2. The predicted octanol–water partition coefficient (Wildman–Crippen LogP) is 5.35. The molecule has 156 valence electrons. The van der Waals surface area contributed by atoms with E-state index in [1.165, 1.54) is 0 Å². The van der Waals surface area contributed by atoms with Gasteiger partial charge in [0.25, 0.3) is 0 Å². The monoisotopic (exact) mass is 450 g/mol. The van der Waals surface area contributed by atoms with Crippen LogP contribution in [-0.4, -0.2) is 16.6 Å². The van der Waals surface area contributed by atoms with Crippen molar-refractivity contribution in [2.75, 3.05) is 5.32 Å². The summed E-state index contributed by atoms with van der Waals surface area (Å²) in [5.74, 6) is -1.46. The molecule has 2 atom stereocenters. The van der Waals surface area contributed by atoms with E-state index in [0.717, 1.165) is 11.3 Å².